The number of nitrogens with zero attached hydrogens (tertiary/aromatic N) is 3. The first-order valence-electron chi connectivity index (χ1n) is 5.87. The molecule has 84 valence electrons. The summed E-state index contributed by atoms with van der Waals surface area (Å²) in [6.45, 7) is 7.56. The van der Waals surface area contributed by atoms with Crippen molar-refractivity contribution in [2.45, 2.75) is 39.7 Å². The molecule has 0 amide bonds. The van der Waals surface area contributed by atoms with Crippen LogP contribution in [0, 0.1) is 5.41 Å². The Morgan fingerprint density at radius 3 is 2.80 bits per heavy atom. The fourth-order valence-electron chi connectivity index (χ4n) is 2.42. The second kappa shape index (κ2) is 4.31. The first-order chi connectivity index (χ1) is 7.29. The summed E-state index contributed by atoms with van der Waals surface area (Å²) in [6, 6.07) is 0. The van der Waals surface area contributed by atoms with Crippen LogP contribution in [0.4, 0.5) is 0 Å². The van der Waals surface area contributed by atoms with Crippen molar-refractivity contribution < 1.29 is 0 Å². The Kier molecular flexibility index (Phi) is 3.05. The summed E-state index contributed by atoms with van der Waals surface area (Å²) in [4.78, 5) is 4.36. The van der Waals surface area contributed by atoms with Crippen LogP contribution in [0.15, 0.2) is 6.33 Å². The van der Waals surface area contributed by atoms with Gasteiger partial charge in [-0.25, -0.2) is 4.98 Å². The van der Waals surface area contributed by atoms with Gasteiger partial charge in [0.05, 0.1) is 0 Å². The number of nitrogens with one attached hydrogen (secondary N) is 1. The summed E-state index contributed by atoms with van der Waals surface area (Å²) in [6.07, 6.45) is 5.28. The van der Waals surface area contributed by atoms with Crippen LogP contribution in [0.3, 0.4) is 0 Å². The molecule has 0 bridgehead atoms. The summed E-state index contributed by atoms with van der Waals surface area (Å²) in [5, 5.41) is 7.60. The molecule has 15 heavy (non-hydrogen) atoms. The van der Waals surface area contributed by atoms with Gasteiger partial charge in [-0.05, 0) is 13.3 Å². The van der Waals surface area contributed by atoms with E-state index in [1.54, 1.807) is 6.33 Å². The zero-order valence-corrected chi connectivity index (χ0v) is 9.66. The maximum absolute atomic E-state index is 4.36. The molecule has 0 radical (unpaired) electrons. The van der Waals surface area contributed by atoms with E-state index in [1.165, 1.54) is 12.8 Å². The van der Waals surface area contributed by atoms with Crippen LogP contribution in [0.25, 0.3) is 0 Å². The molecule has 1 aromatic rings. The quantitative estimate of drug-likeness (QED) is 0.791. The Morgan fingerprint density at radius 2 is 2.27 bits per heavy atom. The van der Waals surface area contributed by atoms with Crippen LogP contribution >= 0.6 is 0 Å². The molecular formula is C11H20N4. The summed E-state index contributed by atoms with van der Waals surface area (Å²) >= 11 is 0. The van der Waals surface area contributed by atoms with Gasteiger partial charge in [0.15, 0.2) is 0 Å². The minimum Gasteiger partial charge on any atom is -0.316 e. The van der Waals surface area contributed by atoms with Crippen LogP contribution in [0.1, 0.15) is 32.5 Å². The molecule has 2 heterocycles. The van der Waals surface area contributed by atoms with Crippen LogP contribution in [0.2, 0.25) is 0 Å². The second-order valence-corrected chi connectivity index (χ2v) is 4.52. The van der Waals surface area contributed by atoms with Crippen molar-refractivity contribution in [1.29, 1.82) is 0 Å². The van der Waals surface area contributed by atoms with E-state index in [0.717, 1.165) is 31.9 Å². The fourth-order valence-corrected chi connectivity index (χ4v) is 2.42. The predicted molar refractivity (Wildman–Crippen MR) is 59.6 cm³/mol. The lowest BCUT2D eigenvalue weighted by molar-refractivity contribution is 0.145. The van der Waals surface area contributed by atoms with Crippen molar-refractivity contribution in [1.82, 2.24) is 20.1 Å². The molecule has 4 nitrogen and oxygen atoms in total. The largest absolute Gasteiger partial charge is 0.316 e. The molecule has 0 aliphatic carbocycles. The van der Waals surface area contributed by atoms with E-state index < -0.39 is 0 Å². The average molecular weight is 208 g/mol. The molecule has 0 unspecified atom stereocenters. The van der Waals surface area contributed by atoms with Gasteiger partial charge in [-0.2, -0.15) is 5.10 Å². The summed E-state index contributed by atoms with van der Waals surface area (Å²) < 4.78 is 2.01. The van der Waals surface area contributed by atoms with Crippen molar-refractivity contribution in [3.63, 3.8) is 0 Å². The van der Waals surface area contributed by atoms with Crippen LogP contribution < -0.4 is 5.32 Å². The van der Waals surface area contributed by atoms with Crippen molar-refractivity contribution >= 4 is 0 Å². The maximum atomic E-state index is 4.36. The molecule has 1 saturated heterocycles. The van der Waals surface area contributed by atoms with Crippen LogP contribution in [-0.4, -0.2) is 27.9 Å². The van der Waals surface area contributed by atoms with Gasteiger partial charge in [0.1, 0.15) is 12.2 Å². The maximum Gasteiger partial charge on any atom is 0.138 e. The minimum absolute atomic E-state index is 0.453. The van der Waals surface area contributed by atoms with E-state index in [1.807, 2.05) is 4.68 Å². The van der Waals surface area contributed by atoms with E-state index in [-0.39, 0.29) is 0 Å². The third-order valence-electron chi connectivity index (χ3n) is 3.31. The lowest BCUT2D eigenvalue weighted by Gasteiger charge is -2.42. The van der Waals surface area contributed by atoms with Crippen molar-refractivity contribution in [2.24, 2.45) is 5.41 Å². The Hall–Kier alpha value is -0.900. The fraction of sp³-hybridized carbons (Fsp3) is 0.818. The first kappa shape index (κ1) is 10.6. The molecule has 0 saturated carbocycles. The molecule has 0 aromatic carbocycles. The summed E-state index contributed by atoms with van der Waals surface area (Å²) in [7, 11) is 0. The number of hydrogen-bond donors (Lipinski definition) is 1. The highest BCUT2D eigenvalue weighted by Gasteiger charge is 2.37. The number of hydrogen-bond acceptors (Lipinski definition) is 3. The lowest BCUT2D eigenvalue weighted by Crippen LogP contribution is -2.54. The van der Waals surface area contributed by atoms with E-state index in [4.69, 9.17) is 0 Å². The van der Waals surface area contributed by atoms with Crippen molar-refractivity contribution in [3.05, 3.63) is 12.2 Å². The van der Waals surface area contributed by atoms with Gasteiger partial charge in [-0.1, -0.05) is 13.3 Å². The predicted octanol–water partition coefficient (Wildman–Crippen LogP) is 1.23. The average Bonchev–Trinajstić information content (AvgIpc) is 2.62. The van der Waals surface area contributed by atoms with Crippen LogP contribution in [-0.2, 0) is 13.0 Å². The highest BCUT2D eigenvalue weighted by atomic mass is 15.3. The third-order valence-corrected chi connectivity index (χ3v) is 3.31. The van der Waals surface area contributed by atoms with Gasteiger partial charge in [0, 0.05) is 31.5 Å². The molecule has 0 spiro atoms. The second-order valence-electron chi connectivity index (χ2n) is 4.52. The van der Waals surface area contributed by atoms with Gasteiger partial charge >= 0.3 is 0 Å². The van der Waals surface area contributed by atoms with Crippen LogP contribution in [0.5, 0.6) is 0 Å². The van der Waals surface area contributed by atoms with E-state index in [9.17, 15) is 0 Å². The Balaban J connectivity index is 2.06. The first-order valence-corrected chi connectivity index (χ1v) is 5.87. The third kappa shape index (κ3) is 2.04. The normalized spacial score (nSPS) is 18.8. The van der Waals surface area contributed by atoms with E-state index in [2.05, 4.69) is 29.2 Å². The monoisotopic (exact) mass is 208 g/mol. The van der Waals surface area contributed by atoms with Gasteiger partial charge in [0.25, 0.3) is 0 Å². The molecule has 1 aliphatic heterocycles. The highest BCUT2D eigenvalue weighted by Crippen LogP contribution is 2.32. The van der Waals surface area contributed by atoms with Gasteiger partial charge in [-0.15, -0.1) is 0 Å². The van der Waals surface area contributed by atoms with Gasteiger partial charge in [-0.3, -0.25) is 4.68 Å². The zero-order valence-electron chi connectivity index (χ0n) is 9.66. The van der Waals surface area contributed by atoms with Crippen molar-refractivity contribution in [3.8, 4) is 0 Å². The van der Waals surface area contributed by atoms with E-state index >= 15 is 0 Å². The Bertz CT molecular complexity index is 314. The minimum atomic E-state index is 0.453. The van der Waals surface area contributed by atoms with E-state index in [0.29, 0.717) is 5.41 Å². The standard InChI is InChI=1S/C11H20N4/c1-3-5-11(7-12-8-11)6-10-13-9-14-15(10)4-2/h9,12H,3-8H2,1-2H3. The van der Waals surface area contributed by atoms with Gasteiger partial charge in [0.2, 0.25) is 0 Å². The summed E-state index contributed by atoms with van der Waals surface area (Å²) in [5.41, 5.74) is 0.453. The Labute approximate surface area is 91.1 Å². The topological polar surface area (TPSA) is 42.7 Å². The number of rotatable bonds is 5. The molecule has 2 rings (SSSR count). The summed E-state index contributed by atoms with van der Waals surface area (Å²) in [5.74, 6) is 1.15. The molecule has 1 aliphatic rings. The Morgan fingerprint density at radius 1 is 1.47 bits per heavy atom. The molecule has 1 N–H and O–H groups in total. The smallest absolute Gasteiger partial charge is 0.138 e. The zero-order chi connectivity index (χ0) is 10.7. The highest BCUT2D eigenvalue weighted by molar-refractivity contribution is 5.00. The molecular weight excluding hydrogens is 188 g/mol. The number of aryl methyl sites for hydroxylation is 1. The molecule has 4 heteroatoms. The molecule has 1 aromatic heterocycles. The molecule has 1 fully saturated rings. The van der Waals surface area contributed by atoms with Crippen molar-refractivity contribution in [2.75, 3.05) is 13.1 Å². The number of aromatic nitrogens is 3. The molecule has 0 atom stereocenters. The lowest BCUT2D eigenvalue weighted by atomic mass is 9.75. The van der Waals surface area contributed by atoms with Gasteiger partial charge < -0.3 is 5.32 Å². The SMILES string of the molecule is CCCC1(Cc2ncnn2CC)CNC1.